The Morgan fingerprint density at radius 2 is 1.94 bits per heavy atom. The lowest BCUT2D eigenvalue weighted by Crippen LogP contribution is -2.45. The Hall–Kier alpha value is -2.16. The monoisotopic (exact) mass is 528 g/mol. The molecule has 4 atom stereocenters. The smallest absolute Gasteiger partial charge is 0.410 e. The van der Waals surface area contributed by atoms with Crippen LogP contribution >= 0.6 is 9.24 Å². The summed E-state index contributed by atoms with van der Waals surface area (Å²) >= 11 is 0. The normalized spacial score (nSPS) is 19.6. The number of carbonyl (C=O) groups is 1. The zero-order chi connectivity index (χ0) is 26.8. The summed E-state index contributed by atoms with van der Waals surface area (Å²) in [5.74, 6) is -1.08. The van der Waals surface area contributed by atoms with Gasteiger partial charge < -0.3 is 24.3 Å². The molecule has 200 valence electrons. The Morgan fingerprint density at radius 3 is 2.56 bits per heavy atom. The number of nitrogens with zero attached hydrogens (tertiary/aromatic N) is 3. The summed E-state index contributed by atoms with van der Waals surface area (Å²) in [6.07, 6.45) is 0.327. The number of ether oxygens (including phenoxy) is 2. The van der Waals surface area contributed by atoms with Crippen LogP contribution in [0.1, 0.15) is 46.5 Å². The molecule has 0 radical (unpaired) electrons. The van der Waals surface area contributed by atoms with Gasteiger partial charge in [0, 0.05) is 44.2 Å². The highest BCUT2D eigenvalue weighted by Gasteiger charge is 2.40. The second kappa shape index (κ2) is 11.1. The molecule has 36 heavy (non-hydrogen) atoms. The van der Waals surface area contributed by atoms with E-state index in [1.807, 2.05) is 13.8 Å². The van der Waals surface area contributed by atoms with Gasteiger partial charge in [0.15, 0.2) is 0 Å². The third kappa shape index (κ3) is 6.58. The summed E-state index contributed by atoms with van der Waals surface area (Å²) in [5, 5.41) is 3.37. The number of hydrogen-bond donors (Lipinski definition) is 1. The number of hydrogen-bond acceptors (Lipinski definition) is 5. The molecule has 0 saturated carbocycles. The molecule has 0 bridgehead atoms. The molecular weight excluding hydrogens is 492 g/mol. The molecule has 1 N–H and O–H groups in total. The summed E-state index contributed by atoms with van der Waals surface area (Å²) in [4.78, 5) is 18.4. The van der Waals surface area contributed by atoms with Gasteiger partial charge in [-0.3, -0.25) is 0 Å². The van der Waals surface area contributed by atoms with Crippen molar-refractivity contribution in [1.82, 2.24) is 19.8 Å². The lowest BCUT2D eigenvalue weighted by Gasteiger charge is -2.34. The van der Waals surface area contributed by atoms with E-state index in [1.165, 1.54) is 4.90 Å². The fourth-order valence-corrected chi connectivity index (χ4v) is 4.46. The molecule has 1 amide bonds. The van der Waals surface area contributed by atoms with E-state index in [1.54, 1.807) is 38.6 Å². The summed E-state index contributed by atoms with van der Waals surface area (Å²) in [6, 6.07) is 2.71. The van der Waals surface area contributed by atoms with Crippen LogP contribution in [0.3, 0.4) is 0 Å². The van der Waals surface area contributed by atoms with Gasteiger partial charge in [0.1, 0.15) is 29.2 Å². The van der Waals surface area contributed by atoms with Gasteiger partial charge in [-0.2, -0.15) is 0 Å². The van der Waals surface area contributed by atoms with Crippen LogP contribution in [0.5, 0.6) is 0 Å². The van der Waals surface area contributed by atoms with Gasteiger partial charge in [-0.15, -0.1) is 9.24 Å². The van der Waals surface area contributed by atoms with E-state index >= 15 is 0 Å². The first-order chi connectivity index (χ1) is 16.8. The van der Waals surface area contributed by atoms with Crippen molar-refractivity contribution in [3.8, 4) is 11.3 Å². The Kier molecular flexibility index (Phi) is 8.74. The Bertz CT molecular complexity index is 1070. The summed E-state index contributed by atoms with van der Waals surface area (Å²) in [6.45, 7) is 9.44. The Morgan fingerprint density at radius 1 is 1.25 bits per heavy atom. The van der Waals surface area contributed by atoms with Crippen LogP contribution in [0.2, 0.25) is 0 Å². The third-order valence-electron chi connectivity index (χ3n) is 6.29. The van der Waals surface area contributed by atoms with Crippen molar-refractivity contribution in [1.29, 1.82) is 0 Å². The average Bonchev–Trinajstić information content (AvgIpc) is 3.38. The number of rotatable bonds is 8. The number of halogens is 3. The first-order valence-electron chi connectivity index (χ1n) is 11.9. The number of imidazole rings is 1. The van der Waals surface area contributed by atoms with Gasteiger partial charge in [0.05, 0.1) is 23.9 Å². The zero-order valence-corrected chi connectivity index (χ0v) is 22.8. The minimum Gasteiger partial charge on any atom is -0.444 e. The zero-order valence-electron chi connectivity index (χ0n) is 21.6. The highest BCUT2D eigenvalue weighted by Crippen LogP contribution is 2.33. The highest BCUT2D eigenvalue weighted by atomic mass is 31.0. The topological polar surface area (TPSA) is 68.6 Å². The first-order valence-corrected chi connectivity index (χ1v) is 12.7. The van der Waals surface area contributed by atoms with Crippen molar-refractivity contribution in [2.45, 2.75) is 64.3 Å². The number of amides is 1. The molecule has 11 heteroatoms. The van der Waals surface area contributed by atoms with Crippen LogP contribution in [-0.2, 0) is 15.8 Å². The van der Waals surface area contributed by atoms with Gasteiger partial charge in [-0.1, -0.05) is 0 Å². The Labute approximate surface area is 212 Å². The fraction of sp³-hybridized carbons (Fsp3) is 0.600. The largest absolute Gasteiger partial charge is 0.444 e. The van der Waals surface area contributed by atoms with E-state index in [9.17, 15) is 18.0 Å². The lowest BCUT2D eigenvalue weighted by atomic mass is 9.96. The fourth-order valence-electron chi connectivity index (χ4n) is 4.17. The van der Waals surface area contributed by atoms with Gasteiger partial charge in [-0.25, -0.2) is 22.9 Å². The SMILES string of the molecule is COC(C)(C)[C@@H](NC[C@@H]1CN(C(=O)OC(C)(C)C)C[C@@H]1F)c1nc(-c2cc(F)ccc2F)cn1CP. The minimum absolute atomic E-state index is 0.0389. The van der Waals surface area contributed by atoms with Crippen LogP contribution in [0, 0.1) is 17.6 Å². The van der Waals surface area contributed by atoms with Crippen LogP contribution in [-0.4, -0.2) is 64.7 Å². The number of carbonyl (C=O) groups excluding carboxylic acids is 1. The molecule has 0 spiro atoms. The quantitative estimate of drug-likeness (QED) is 0.493. The summed E-state index contributed by atoms with van der Waals surface area (Å²) in [7, 11) is 4.15. The molecule has 1 saturated heterocycles. The molecule has 1 aromatic carbocycles. The van der Waals surface area contributed by atoms with Crippen molar-refractivity contribution in [3.05, 3.63) is 41.9 Å². The molecule has 1 unspecified atom stereocenters. The number of likely N-dealkylation sites (tertiary alicyclic amines) is 1. The van der Waals surface area contributed by atoms with Crippen LogP contribution in [0.4, 0.5) is 18.0 Å². The van der Waals surface area contributed by atoms with Gasteiger partial charge in [0.2, 0.25) is 0 Å². The summed E-state index contributed by atoms with van der Waals surface area (Å²) < 4.78 is 56.1. The maximum Gasteiger partial charge on any atom is 0.410 e. The maximum absolute atomic E-state index is 14.9. The first kappa shape index (κ1) is 28.4. The third-order valence-corrected chi connectivity index (χ3v) is 6.68. The van der Waals surface area contributed by atoms with Crippen LogP contribution < -0.4 is 5.32 Å². The van der Waals surface area contributed by atoms with Gasteiger partial charge in [0.25, 0.3) is 0 Å². The van der Waals surface area contributed by atoms with Crippen LogP contribution in [0.25, 0.3) is 11.3 Å². The average molecular weight is 529 g/mol. The number of nitrogens with one attached hydrogen (secondary N) is 1. The van der Waals surface area contributed by atoms with Crippen molar-refractivity contribution in [2.75, 3.05) is 26.7 Å². The van der Waals surface area contributed by atoms with E-state index in [-0.39, 0.29) is 30.9 Å². The summed E-state index contributed by atoms with van der Waals surface area (Å²) in [5.41, 5.74) is -1.12. The Balaban J connectivity index is 1.84. The second-order valence-electron chi connectivity index (χ2n) is 10.6. The number of benzene rings is 1. The van der Waals surface area contributed by atoms with Crippen molar-refractivity contribution in [2.24, 2.45) is 5.92 Å². The molecule has 1 aliphatic heterocycles. The van der Waals surface area contributed by atoms with Crippen molar-refractivity contribution < 1.29 is 27.4 Å². The molecule has 2 aromatic rings. The molecule has 1 aliphatic rings. The van der Waals surface area contributed by atoms with E-state index in [2.05, 4.69) is 19.5 Å². The van der Waals surface area contributed by atoms with Crippen molar-refractivity contribution >= 4 is 15.3 Å². The molecule has 0 aliphatic carbocycles. The van der Waals surface area contributed by atoms with E-state index in [0.717, 1.165) is 18.2 Å². The molecule has 1 fully saturated rings. The lowest BCUT2D eigenvalue weighted by molar-refractivity contribution is -0.0159. The molecule has 7 nitrogen and oxygen atoms in total. The van der Waals surface area contributed by atoms with Gasteiger partial charge >= 0.3 is 6.09 Å². The molecular formula is C25H36F3N4O3P. The van der Waals surface area contributed by atoms with Gasteiger partial charge in [-0.05, 0) is 52.8 Å². The molecule has 1 aromatic heterocycles. The van der Waals surface area contributed by atoms with Crippen LogP contribution in [0.15, 0.2) is 24.4 Å². The predicted molar refractivity (Wildman–Crippen MR) is 135 cm³/mol. The van der Waals surface area contributed by atoms with Crippen molar-refractivity contribution in [3.63, 3.8) is 0 Å². The minimum atomic E-state index is -1.23. The molecule has 3 rings (SSSR count). The van der Waals surface area contributed by atoms with E-state index < -0.39 is 47.1 Å². The molecule has 2 heterocycles. The standard InChI is InChI=1S/C25H36F3N4O3P/c1-24(2,3)35-23(33)31-11-15(19(28)12-31)10-29-21(25(4,5)34-6)22-30-20(13-32(22)14-36)17-9-16(26)7-8-18(17)27/h7-9,13,15,19,21,29H,10-12,14,36H2,1-6H3/t15-,19+,21+/m1/s1. The van der Waals surface area contributed by atoms with E-state index in [4.69, 9.17) is 9.47 Å². The highest BCUT2D eigenvalue weighted by molar-refractivity contribution is 7.15. The van der Waals surface area contributed by atoms with E-state index in [0.29, 0.717) is 12.1 Å². The maximum atomic E-state index is 14.9. The predicted octanol–water partition coefficient (Wildman–Crippen LogP) is 4.92. The second-order valence-corrected chi connectivity index (χ2v) is 10.9. The number of alkyl halides is 1. The number of methoxy groups -OCH3 is 1. The number of aromatic nitrogens is 2.